The van der Waals surface area contributed by atoms with Gasteiger partial charge in [0.25, 0.3) is 11.6 Å². The molecule has 2 N–H and O–H groups in total. The number of benzene rings is 2. The monoisotopic (exact) mass is 407 g/mol. The average molecular weight is 407 g/mol. The van der Waals surface area contributed by atoms with Crippen LogP contribution in [0.2, 0.25) is 0 Å². The summed E-state index contributed by atoms with van der Waals surface area (Å²) < 4.78 is 1.46. The van der Waals surface area contributed by atoms with Gasteiger partial charge in [-0.25, -0.2) is 4.68 Å². The number of carbonyl (C=O) groups is 2. The number of amides is 2. The summed E-state index contributed by atoms with van der Waals surface area (Å²) in [5.74, 6) is -0.684. The van der Waals surface area contributed by atoms with E-state index in [1.165, 1.54) is 16.8 Å². The van der Waals surface area contributed by atoms with Crippen LogP contribution in [0.25, 0.3) is 5.69 Å². The summed E-state index contributed by atoms with van der Waals surface area (Å²) in [4.78, 5) is 34.8. The van der Waals surface area contributed by atoms with Crippen molar-refractivity contribution < 1.29 is 14.5 Å². The summed E-state index contributed by atoms with van der Waals surface area (Å²) >= 11 is 0. The molecule has 0 fully saturated rings. The summed E-state index contributed by atoms with van der Waals surface area (Å²) in [6, 6.07) is 12.7. The van der Waals surface area contributed by atoms with Crippen molar-refractivity contribution >= 4 is 28.9 Å². The minimum Gasteiger partial charge on any atom is -0.326 e. The zero-order chi connectivity index (χ0) is 21.8. The van der Waals surface area contributed by atoms with Gasteiger partial charge in [0.1, 0.15) is 0 Å². The fourth-order valence-corrected chi connectivity index (χ4v) is 2.62. The number of nitrogens with zero attached hydrogens (tertiary/aromatic N) is 3. The predicted molar refractivity (Wildman–Crippen MR) is 113 cm³/mol. The van der Waals surface area contributed by atoms with E-state index in [2.05, 4.69) is 15.7 Å². The highest BCUT2D eigenvalue weighted by Gasteiger charge is 2.14. The quantitative estimate of drug-likeness (QED) is 0.474. The van der Waals surface area contributed by atoms with Crippen molar-refractivity contribution in [3.8, 4) is 5.69 Å². The molecule has 0 aliphatic rings. The molecule has 0 saturated heterocycles. The van der Waals surface area contributed by atoms with Gasteiger partial charge in [0, 0.05) is 35.6 Å². The summed E-state index contributed by atoms with van der Waals surface area (Å²) in [6.45, 7) is 5.44. The third kappa shape index (κ3) is 4.69. The number of carbonyl (C=O) groups excluding carboxylic acids is 2. The maximum atomic E-state index is 12.6. The highest BCUT2D eigenvalue weighted by Crippen LogP contribution is 2.22. The number of aryl methyl sites for hydroxylation is 1. The van der Waals surface area contributed by atoms with E-state index in [4.69, 9.17) is 0 Å². The Kier molecular flexibility index (Phi) is 5.91. The summed E-state index contributed by atoms with van der Waals surface area (Å²) in [5.41, 5.74) is 2.74. The molecule has 30 heavy (non-hydrogen) atoms. The van der Waals surface area contributed by atoms with E-state index in [1.54, 1.807) is 56.4 Å². The van der Waals surface area contributed by atoms with Crippen molar-refractivity contribution in [1.82, 2.24) is 9.78 Å². The van der Waals surface area contributed by atoms with E-state index < -0.39 is 10.8 Å². The lowest BCUT2D eigenvalue weighted by molar-refractivity contribution is -0.384. The fourth-order valence-electron chi connectivity index (χ4n) is 2.62. The zero-order valence-corrected chi connectivity index (χ0v) is 16.7. The van der Waals surface area contributed by atoms with Crippen molar-refractivity contribution in [2.24, 2.45) is 5.92 Å². The van der Waals surface area contributed by atoms with Gasteiger partial charge in [-0.05, 0) is 42.8 Å². The van der Waals surface area contributed by atoms with Gasteiger partial charge in [0.2, 0.25) is 5.91 Å². The Labute approximate surface area is 172 Å². The lowest BCUT2D eigenvalue weighted by atomic mass is 10.1. The first-order chi connectivity index (χ1) is 14.2. The molecule has 9 nitrogen and oxygen atoms in total. The van der Waals surface area contributed by atoms with E-state index >= 15 is 0 Å². The zero-order valence-electron chi connectivity index (χ0n) is 16.7. The van der Waals surface area contributed by atoms with Crippen molar-refractivity contribution in [3.63, 3.8) is 0 Å². The minimum atomic E-state index is -0.480. The van der Waals surface area contributed by atoms with Crippen molar-refractivity contribution in [1.29, 1.82) is 0 Å². The van der Waals surface area contributed by atoms with Crippen molar-refractivity contribution in [2.75, 3.05) is 10.6 Å². The first-order valence-corrected chi connectivity index (χ1v) is 9.28. The van der Waals surface area contributed by atoms with Gasteiger partial charge in [-0.1, -0.05) is 19.9 Å². The standard InChI is InChI=1S/C21H21N5O4/c1-13(2)20(27)22-15-5-4-14(3)19(12-15)23-21(28)18-10-11-25(24-18)16-6-8-17(9-7-16)26(29)30/h4-13H,1-3H3,(H,22,27)(H,23,28). The topological polar surface area (TPSA) is 119 Å². The highest BCUT2D eigenvalue weighted by molar-refractivity contribution is 6.03. The van der Waals surface area contributed by atoms with Crippen LogP contribution in [-0.2, 0) is 4.79 Å². The highest BCUT2D eigenvalue weighted by atomic mass is 16.6. The smallest absolute Gasteiger partial charge is 0.276 e. The number of hydrogen-bond acceptors (Lipinski definition) is 5. The molecule has 0 spiro atoms. The lowest BCUT2D eigenvalue weighted by Crippen LogP contribution is -2.18. The van der Waals surface area contributed by atoms with Crippen LogP contribution in [0.15, 0.2) is 54.7 Å². The van der Waals surface area contributed by atoms with Gasteiger partial charge in [-0.15, -0.1) is 0 Å². The largest absolute Gasteiger partial charge is 0.326 e. The molecule has 0 bridgehead atoms. The molecule has 1 heterocycles. The second-order valence-electron chi connectivity index (χ2n) is 7.05. The van der Waals surface area contributed by atoms with Crippen LogP contribution in [0, 0.1) is 23.0 Å². The van der Waals surface area contributed by atoms with E-state index in [0.29, 0.717) is 17.1 Å². The van der Waals surface area contributed by atoms with Crippen LogP contribution in [0.1, 0.15) is 29.9 Å². The number of non-ortho nitro benzene ring substituents is 1. The fraction of sp³-hybridized carbons (Fsp3) is 0.190. The van der Waals surface area contributed by atoms with E-state index in [0.717, 1.165) is 5.56 Å². The molecule has 3 rings (SSSR count). The van der Waals surface area contributed by atoms with Gasteiger partial charge in [-0.2, -0.15) is 5.10 Å². The van der Waals surface area contributed by atoms with E-state index in [9.17, 15) is 19.7 Å². The molecule has 9 heteroatoms. The van der Waals surface area contributed by atoms with Crippen molar-refractivity contribution in [3.05, 3.63) is 76.1 Å². The summed E-state index contributed by atoms with van der Waals surface area (Å²) in [7, 11) is 0. The number of rotatable bonds is 6. The molecule has 2 amide bonds. The maximum Gasteiger partial charge on any atom is 0.276 e. The Hall–Kier alpha value is -4.01. The van der Waals surface area contributed by atoms with Gasteiger partial charge in [0.15, 0.2) is 5.69 Å². The second-order valence-corrected chi connectivity index (χ2v) is 7.05. The molecule has 3 aromatic rings. The van der Waals surface area contributed by atoms with Crippen molar-refractivity contribution in [2.45, 2.75) is 20.8 Å². The van der Waals surface area contributed by atoms with Crippen LogP contribution in [-0.4, -0.2) is 26.5 Å². The van der Waals surface area contributed by atoms with Crippen LogP contribution in [0.3, 0.4) is 0 Å². The minimum absolute atomic E-state index is 0.0243. The first kappa shape index (κ1) is 20.7. The molecule has 0 atom stereocenters. The van der Waals surface area contributed by atoms with Crippen LogP contribution in [0.5, 0.6) is 0 Å². The van der Waals surface area contributed by atoms with Crippen LogP contribution in [0.4, 0.5) is 17.1 Å². The predicted octanol–water partition coefficient (Wildman–Crippen LogP) is 3.94. The Morgan fingerprint density at radius 2 is 1.77 bits per heavy atom. The number of nitro benzene ring substituents is 1. The molecular formula is C21H21N5O4. The molecule has 154 valence electrons. The number of nitrogens with one attached hydrogen (secondary N) is 2. The maximum absolute atomic E-state index is 12.6. The third-order valence-corrected chi connectivity index (χ3v) is 4.42. The molecule has 0 saturated carbocycles. The SMILES string of the molecule is Cc1ccc(NC(=O)C(C)C)cc1NC(=O)c1ccn(-c2ccc([N+](=O)[O-])cc2)n1. The molecule has 0 aliphatic carbocycles. The molecule has 0 unspecified atom stereocenters. The molecule has 2 aromatic carbocycles. The van der Waals surface area contributed by atoms with Gasteiger partial charge < -0.3 is 10.6 Å². The Morgan fingerprint density at radius 3 is 2.40 bits per heavy atom. The first-order valence-electron chi connectivity index (χ1n) is 9.28. The normalized spacial score (nSPS) is 10.7. The Balaban J connectivity index is 1.75. The van der Waals surface area contributed by atoms with Gasteiger partial charge >= 0.3 is 0 Å². The second kappa shape index (κ2) is 8.56. The summed E-state index contributed by atoms with van der Waals surface area (Å²) in [5, 5.41) is 20.6. The number of hydrogen-bond donors (Lipinski definition) is 2. The average Bonchev–Trinajstić information content (AvgIpc) is 3.21. The Morgan fingerprint density at radius 1 is 1.07 bits per heavy atom. The Bertz CT molecular complexity index is 1100. The van der Waals surface area contributed by atoms with Crippen LogP contribution < -0.4 is 10.6 Å². The third-order valence-electron chi connectivity index (χ3n) is 4.42. The van der Waals surface area contributed by atoms with E-state index in [-0.39, 0.29) is 23.2 Å². The number of nitro groups is 1. The number of anilines is 2. The lowest BCUT2D eigenvalue weighted by Gasteiger charge is -2.12. The molecule has 1 aromatic heterocycles. The van der Waals surface area contributed by atoms with Crippen LogP contribution >= 0.6 is 0 Å². The van der Waals surface area contributed by atoms with Gasteiger partial charge in [0.05, 0.1) is 10.6 Å². The molecular weight excluding hydrogens is 386 g/mol. The number of aromatic nitrogens is 2. The van der Waals surface area contributed by atoms with Gasteiger partial charge in [-0.3, -0.25) is 19.7 Å². The summed E-state index contributed by atoms with van der Waals surface area (Å²) in [6.07, 6.45) is 1.60. The molecule has 0 aliphatic heterocycles. The van der Waals surface area contributed by atoms with E-state index in [1.807, 2.05) is 6.92 Å². The molecule has 0 radical (unpaired) electrons.